The van der Waals surface area contributed by atoms with Gasteiger partial charge in [-0.2, -0.15) is 0 Å². The Balaban J connectivity index is 1.97. The first-order chi connectivity index (χ1) is 14.9. The summed E-state index contributed by atoms with van der Waals surface area (Å²) in [7, 11) is -1.39. The molecule has 1 aliphatic heterocycles. The van der Waals surface area contributed by atoms with Crippen molar-refractivity contribution in [2.45, 2.75) is 71.6 Å². The monoisotopic (exact) mass is 429 g/mol. The highest BCUT2D eigenvalue weighted by Crippen LogP contribution is 2.35. The van der Waals surface area contributed by atoms with Crippen LogP contribution >= 0.6 is 0 Å². The summed E-state index contributed by atoms with van der Waals surface area (Å²) in [5.41, 5.74) is 6.79. The van der Waals surface area contributed by atoms with Crippen LogP contribution in [0.2, 0.25) is 19.6 Å². The smallest absolute Gasteiger partial charge is 0.0798 e. The zero-order valence-electron chi connectivity index (χ0n) is 20.0. The van der Waals surface area contributed by atoms with E-state index in [1.807, 2.05) is 0 Å². The molecule has 1 N–H and O–H groups in total. The summed E-state index contributed by atoms with van der Waals surface area (Å²) in [6.07, 6.45) is 15.7. The van der Waals surface area contributed by atoms with E-state index < -0.39 is 8.07 Å². The molecule has 0 aromatic heterocycles. The van der Waals surface area contributed by atoms with Crippen molar-refractivity contribution >= 4 is 14.1 Å². The minimum Gasteiger partial charge on any atom is -0.381 e. The molecule has 0 aliphatic carbocycles. The lowest BCUT2D eigenvalue weighted by Gasteiger charge is -2.31. The molecule has 1 nitrogen and oxygen atoms in total. The minimum atomic E-state index is -1.39. The molecule has 0 fully saturated rings. The Morgan fingerprint density at radius 1 is 0.935 bits per heavy atom. The van der Waals surface area contributed by atoms with E-state index in [9.17, 15) is 0 Å². The fourth-order valence-corrected chi connectivity index (χ4v) is 6.12. The number of benzene rings is 2. The molecule has 1 heterocycles. The van der Waals surface area contributed by atoms with Crippen molar-refractivity contribution in [3.8, 4) is 11.1 Å². The normalized spacial score (nSPS) is 16.7. The van der Waals surface area contributed by atoms with Crippen molar-refractivity contribution < 1.29 is 0 Å². The van der Waals surface area contributed by atoms with Crippen molar-refractivity contribution in [2.75, 3.05) is 0 Å². The Labute approximate surface area is 191 Å². The molecule has 164 valence electrons. The Morgan fingerprint density at radius 2 is 1.71 bits per heavy atom. The van der Waals surface area contributed by atoms with Gasteiger partial charge in [0.15, 0.2) is 0 Å². The molecule has 0 bridgehead atoms. The maximum atomic E-state index is 3.76. The van der Waals surface area contributed by atoms with Crippen LogP contribution in [0.1, 0.15) is 63.1 Å². The molecule has 1 aliphatic rings. The summed E-state index contributed by atoms with van der Waals surface area (Å²) in [4.78, 5) is 0. The molecule has 0 saturated carbocycles. The fourth-order valence-electron chi connectivity index (χ4n) is 4.43. The Bertz CT molecular complexity index is 944. The number of hydrogen-bond acceptors (Lipinski definition) is 1. The predicted molar refractivity (Wildman–Crippen MR) is 141 cm³/mol. The van der Waals surface area contributed by atoms with E-state index >= 15 is 0 Å². The first-order valence-corrected chi connectivity index (χ1v) is 15.4. The van der Waals surface area contributed by atoms with E-state index in [4.69, 9.17) is 0 Å². The van der Waals surface area contributed by atoms with E-state index in [-0.39, 0.29) is 6.04 Å². The van der Waals surface area contributed by atoms with Crippen LogP contribution in [0.5, 0.6) is 0 Å². The topological polar surface area (TPSA) is 12.0 Å². The van der Waals surface area contributed by atoms with Gasteiger partial charge in [0, 0.05) is 0 Å². The second-order valence-electron chi connectivity index (χ2n) is 9.66. The van der Waals surface area contributed by atoms with Gasteiger partial charge < -0.3 is 5.32 Å². The van der Waals surface area contributed by atoms with Gasteiger partial charge in [-0.05, 0) is 65.1 Å². The van der Waals surface area contributed by atoms with Crippen LogP contribution in [0, 0.1) is 0 Å². The minimum absolute atomic E-state index is 0.219. The predicted octanol–water partition coefficient (Wildman–Crippen LogP) is 8.69. The third kappa shape index (κ3) is 6.10. The summed E-state index contributed by atoms with van der Waals surface area (Å²) < 4.78 is 0. The molecule has 0 radical (unpaired) electrons. The summed E-state index contributed by atoms with van der Waals surface area (Å²) in [6.45, 7) is 11.8. The van der Waals surface area contributed by atoms with Gasteiger partial charge in [0.25, 0.3) is 0 Å². The molecular weight excluding hydrogens is 390 g/mol. The van der Waals surface area contributed by atoms with Gasteiger partial charge in [0.05, 0.1) is 14.1 Å². The Morgan fingerprint density at radius 3 is 2.39 bits per heavy atom. The lowest BCUT2D eigenvalue weighted by atomic mass is 9.91. The highest BCUT2D eigenvalue weighted by atomic mass is 28.3. The van der Waals surface area contributed by atoms with E-state index in [2.05, 4.69) is 112 Å². The average molecular weight is 430 g/mol. The van der Waals surface area contributed by atoms with Crippen LogP contribution in [-0.4, -0.2) is 8.07 Å². The van der Waals surface area contributed by atoms with Gasteiger partial charge in [0.2, 0.25) is 0 Å². The molecule has 3 rings (SSSR count). The number of rotatable bonds is 9. The zero-order chi connectivity index (χ0) is 22.3. The summed E-state index contributed by atoms with van der Waals surface area (Å²) in [6, 6.07) is 17.8. The lowest BCUT2D eigenvalue weighted by Crippen LogP contribution is -2.31. The van der Waals surface area contributed by atoms with Crippen molar-refractivity contribution in [3.05, 3.63) is 88.8 Å². The molecule has 2 heteroatoms. The van der Waals surface area contributed by atoms with Crippen LogP contribution in [0.25, 0.3) is 17.2 Å². The second kappa shape index (κ2) is 10.8. The third-order valence-electron chi connectivity index (χ3n) is 6.10. The third-order valence-corrected chi connectivity index (χ3v) is 8.19. The quantitative estimate of drug-likeness (QED) is 0.310. The number of allylic oxidation sites excluding steroid dienone is 3. The molecule has 0 saturated heterocycles. The van der Waals surface area contributed by atoms with E-state index in [0.717, 1.165) is 0 Å². The molecular formula is C29H39NSi. The summed E-state index contributed by atoms with van der Waals surface area (Å²) in [5, 5.41) is 5.35. The Kier molecular flexibility index (Phi) is 8.14. The average Bonchev–Trinajstić information content (AvgIpc) is 2.77. The summed E-state index contributed by atoms with van der Waals surface area (Å²) >= 11 is 0. The molecule has 2 aromatic carbocycles. The standard InChI is InChI=1S/C29H39NSi/c1-6-8-9-11-17-26-21-28(30-22-29(26)31(3,4)5)27-20-25(19-18-24(27)14-7-2)23-15-12-10-13-16-23/h7,10,12-16,18-22,28,30H,6,8-9,11,17H2,1-5H3/b14-7-. The van der Waals surface area contributed by atoms with E-state index in [1.54, 1.807) is 10.8 Å². The largest absolute Gasteiger partial charge is 0.381 e. The van der Waals surface area contributed by atoms with Gasteiger partial charge >= 0.3 is 0 Å². The first kappa shape index (κ1) is 23.3. The zero-order valence-corrected chi connectivity index (χ0v) is 21.0. The first-order valence-electron chi connectivity index (χ1n) is 11.9. The molecule has 1 atom stereocenters. The Hall–Kier alpha value is -2.32. The SMILES string of the molecule is C/C=C\c1ccc(-c2ccccc2)cc1C1C=C(CCCCCC)C([Si](C)(C)C)=CN1. The van der Waals surface area contributed by atoms with Crippen molar-refractivity contribution in [2.24, 2.45) is 0 Å². The number of nitrogens with one attached hydrogen (secondary N) is 1. The fraction of sp³-hybridized carbons (Fsp3) is 0.379. The molecule has 0 amide bonds. The van der Waals surface area contributed by atoms with Crippen LogP contribution in [-0.2, 0) is 0 Å². The highest BCUT2D eigenvalue weighted by Gasteiger charge is 2.27. The lowest BCUT2D eigenvalue weighted by molar-refractivity contribution is 0.655. The highest BCUT2D eigenvalue weighted by molar-refractivity contribution is 6.84. The van der Waals surface area contributed by atoms with Crippen LogP contribution in [0.15, 0.2) is 77.7 Å². The number of dihydropyridines is 1. The number of unbranched alkanes of at least 4 members (excludes halogenated alkanes) is 3. The molecule has 0 spiro atoms. The van der Waals surface area contributed by atoms with Crippen molar-refractivity contribution in [1.82, 2.24) is 5.32 Å². The summed E-state index contributed by atoms with van der Waals surface area (Å²) in [5.74, 6) is 0. The van der Waals surface area contributed by atoms with Gasteiger partial charge in [-0.3, -0.25) is 0 Å². The second-order valence-corrected chi connectivity index (χ2v) is 14.7. The maximum absolute atomic E-state index is 3.76. The van der Waals surface area contributed by atoms with Gasteiger partial charge in [0.1, 0.15) is 0 Å². The van der Waals surface area contributed by atoms with E-state index in [1.165, 1.54) is 54.4 Å². The maximum Gasteiger partial charge on any atom is 0.0798 e. The number of hydrogen-bond donors (Lipinski definition) is 1. The van der Waals surface area contributed by atoms with Crippen LogP contribution in [0.4, 0.5) is 0 Å². The van der Waals surface area contributed by atoms with Crippen LogP contribution in [0.3, 0.4) is 0 Å². The van der Waals surface area contributed by atoms with Crippen LogP contribution < -0.4 is 5.32 Å². The molecule has 1 unspecified atom stereocenters. The van der Waals surface area contributed by atoms with Crippen molar-refractivity contribution in [3.63, 3.8) is 0 Å². The van der Waals surface area contributed by atoms with Gasteiger partial charge in [-0.1, -0.05) is 107 Å². The molecule has 31 heavy (non-hydrogen) atoms. The van der Waals surface area contributed by atoms with Crippen molar-refractivity contribution in [1.29, 1.82) is 0 Å². The van der Waals surface area contributed by atoms with Gasteiger partial charge in [-0.25, -0.2) is 0 Å². The molecule has 2 aromatic rings. The van der Waals surface area contributed by atoms with Gasteiger partial charge in [-0.15, -0.1) is 0 Å². The van der Waals surface area contributed by atoms with E-state index in [0.29, 0.717) is 0 Å².